The maximum absolute atomic E-state index is 5.83. The Kier molecular flexibility index (Phi) is 3.50. The summed E-state index contributed by atoms with van der Waals surface area (Å²) in [5.41, 5.74) is 0.458. The van der Waals surface area contributed by atoms with Crippen molar-refractivity contribution >= 4 is 8.38 Å². The van der Waals surface area contributed by atoms with E-state index < -0.39 is 8.38 Å². The van der Waals surface area contributed by atoms with Gasteiger partial charge in [0.15, 0.2) is 8.38 Å². The largest absolute Gasteiger partial charge is 0.333 e. The summed E-state index contributed by atoms with van der Waals surface area (Å²) in [6, 6.07) is 0. The van der Waals surface area contributed by atoms with E-state index >= 15 is 0 Å². The molecular weight excluding hydrogens is 183 g/mol. The third-order valence-corrected chi connectivity index (χ3v) is 4.33. The van der Waals surface area contributed by atoms with Crippen LogP contribution in [0.3, 0.4) is 0 Å². The Bertz CT molecular complexity index is 193. The number of hydrogen-bond donors (Lipinski definition) is 0. The van der Waals surface area contributed by atoms with Crippen LogP contribution in [0.25, 0.3) is 0 Å². The fourth-order valence-corrected chi connectivity index (χ4v) is 2.68. The second-order valence-corrected chi connectivity index (χ2v) is 6.18. The van der Waals surface area contributed by atoms with Gasteiger partial charge in [-0.3, -0.25) is 0 Å². The summed E-state index contributed by atoms with van der Waals surface area (Å²) in [7, 11) is -0.682. The van der Waals surface area contributed by atoms with Gasteiger partial charge in [-0.2, -0.15) is 0 Å². The van der Waals surface area contributed by atoms with Crippen molar-refractivity contribution in [1.82, 2.24) is 0 Å². The molecule has 3 heteroatoms. The summed E-state index contributed by atoms with van der Waals surface area (Å²) in [6.45, 7) is 13.1. The van der Waals surface area contributed by atoms with Crippen molar-refractivity contribution in [3.05, 3.63) is 12.7 Å². The number of hydrogen-bond acceptors (Lipinski definition) is 2. The van der Waals surface area contributed by atoms with E-state index in [1.807, 2.05) is 6.08 Å². The predicted octanol–water partition coefficient (Wildman–Crippen LogP) is 3.33. The molecule has 0 N–H and O–H groups in total. The molecule has 0 saturated carbocycles. The quantitative estimate of drug-likeness (QED) is 0.505. The SMILES string of the molecule is C=CC1(C)COP(C(C)C)OC1C. The molecule has 3 atom stereocenters. The van der Waals surface area contributed by atoms with E-state index in [0.29, 0.717) is 5.66 Å². The predicted molar refractivity (Wildman–Crippen MR) is 56.9 cm³/mol. The van der Waals surface area contributed by atoms with Gasteiger partial charge >= 0.3 is 0 Å². The lowest BCUT2D eigenvalue weighted by Gasteiger charge is -2.41. The highest BCUT2D eigenvalue weighted by Crippen LogP contribution is 2.52. The molecule has 3 unspecified atom stereocenters. The minimum absolute atomic E-state index is 0.0201. The molecule has 2 nitrogen and oxygen atoms in total. The summed E-state index contributed by atoms with van der Waals surface area (Å²) >= 11 is 0. The highest BCUT2D eigenvalue weighted by Gasteiger charge is 2.38. The molecule has 0 aliphatic carbocycles. The Balaban J connectivity index is 2.61. The van der Waals surface area contributed by atoms with Gasteiger partial charge in [-0.25, -0.2) is 0 Å². The molecule has 1 aliphatic heterocycles. The minimum atomic E-state index is -0.682. The zero-order valence-corrected chi connectivity index (χ0v) is 9.80. The molecule has 0 aromatic carbocycles. The van der Waals surface area contributed by atoms with Crippen LogP contribution in [0.2, 0.25) is 0 Å². The lowest BCUT2D eigenvalue weighted by atomic mass is 9.86. The Morgan fingerprint density at radius 1 is 1.62 bits per heavy atom. The Hall–Kier alpha value is 0.0900. The van der Waals surface area contributed by atoms with Crippen molar-refractivity contribution in [2.24, 2.45) is 5.41 Å². The minimum Gasteiger partial charge on any atom is -0.333 e. The van der Waals surface area contributed by atoms with Crippen LogP contribution < -0.4 is 0 Å². The van der Waals surface area contributed by atoms with Gasteiger partial charge in [-0.05, 0) is 6.92 Å². The van der Waals surface area contributed by atoms with E-state index in [2.05, 4.69) is 34.3 Å². The summed E-state index contributed by atoms with van der Waals surface area (Å²) in [5.74, 6) is 0. The van der Waals surface area contributed by atoms with Gasteiger partial charge < -0.3 is 9.05 Å². The first-order valence-corrected chi connectivity index (χ1v) is 5.97. The molecule has 1 aliphatic rings. The summed E-state index contributed by atoms with van der Waals surface area (Å²) < 4.78 is 11.5. The highest BCUT2D eigenvalue weighted by molar-refractivity contribution is 7.48. The Morgan fingerprint density at radius 2 is 2.23 bits per heavy atom. The first-order chi connectivity index (χ1) is 5.99. The molecule has 1 saturated heterocycles. The molecule has 1 heterocycles. The molecule has 13 heavy (non-hydrogen) atoms. The van der Waals surface area contributed by atoms with E-state index in [1.54, 1.807) is 0 Å². The topological polar surface area (TPSA) is 18.5 Å². The highest BCUT2D eigenvalue weighted by atomic mass is 31.2. The smallest absolute Gasteiger partial charge is 0.173 e. The third kappa shape index (κ3) is 2.31. The van der Waals surface area contributed by atoms with Crippen LogP contribution in [0.1, 0.15) is 27.7 Å². The van der Waals surface area contributed by atoms with E-state index in [1.165, 1.54) is 0 Å². The zero-order valence-electron chi connectivity index (χ0n) is 8.91. The van der Waals surface area contributed by atoms with E-state index in [9.17, 15) is 0 Å². The fraction of sp³-hybridized carbons (Fsp3) is 0.800. The van der Waals surface area contributed by atoms with Gasteiger partial charge in [0.05, 0.1) is 12.7 Å². The first-order valence-electron chi connectivity index (χ1n) is 4.72. The summed E-state index contributed by atoms with van der Waals surface area (Å²) in [6.07, 6.45) is 2.15. The van der Waals surface area contributed by atoms with E-state index in [4.69, 9.17) is 9.05 Å². The van der Waals surface area contributed by atoms with Crippen molar-refractivity contribution in [2.75, 3.05) is 6.61 Å². The van der Waals surface area contributed by atoms with Gasteiger partial charge in [0.2, 0.25) is 0 Å². The number of rotatable bonds is 2. The zero-order chi connectivity index (χ0) is 10.1. The Morgan fingerprint density at radius 3 is 2.62 bits per heavy atom. The maximum Gasteiger partial charge on any atom is 0.173 e. The van der Waals surface area contributed by atoms with Gasteiger partial charge in [0.1, 0.15) is 0 Å². The second-order valence-electron chi connectivity index (χ2n) is 4.11. The van der Waals surface area contributed by atoms with Crippen LogP contribution in [0.15, 0.2) is 12.7 Å². The van der Waals surface area contributed by atoms with Gasteiger partial charge in [0, 0.05) is 11.1 Å². The summed E-state index contributed by atoms with van der Waals surface area (Å²) in [5, 5.41) is 0. The monoisotopic (exact) mass is 202 g/mol. The van der Waals surface area contributed by atoms with Crippen LogP contribution in [0.5, 0.6) is 0 Å². The third-order valence-electron chi connectivity index (χ3n) is 2.58. The molecule has 0 radical (unpaired) electrons. The van der Waals surface area contributed by atoms with Crippen molar-refractivity contribution in [3.63, 3.8) is 0 Å². The van der Waals surface area contributed by atoms with Crippen LogP contribution >= 0.6 is 8.38 Å². The fourth-order valence-electron chi connectivity index (χ4n) is 1.12. The Labute approximate surface area is 82.2 Å². The van der Waals surface area contributed by atoms with Crippen LogP contribution in [0, 0.1) is 5.41 Å². The second kappa shape index (κ2) is 4.08. The average Bonchev–Trinajstić information content (AvgIpc) is 2.09. The lowest BCUT2D eigenvalue weighted by Crippen LogP contribution is -2.38. The van der Waals surface area contributed by atoms with Gasteiger partial charge in [0.25, 0.3) is 0 Å². The molecule has 1 rings (SSSR count). The normalized spacial score (nSPS) is 40.7. The van der Waals surface area contributed by atoms with Gasteiger partial charge in [-0.1, -0.05) is 26.8 Å². The average molecular weight is 202 g/mol. The molecule has 0 bridgehead atoms. The standard InChI is InChI=1S/C10H19O2P/c1-6-10(5)7-11-13(8(2)3)12-9(10)4/h6,8-9H,1,7H2,2-5H3. The van der Waals surface area contributed by atoms with Gasteiger partial charge in [-0.15, -0.1) is 6.58 Å². The van der Waals surface area contributed by atoms with E-state index in [0.717, 1.165) is 6.61 Å². The molecule has 1 fully saturated rings. The van der Waals surface area contributed by atoms with Crippen molar-refractivity contribution in [2.45, 2.75) is 39.5 Å². The maximum atomic E-state index is 5.83. The molecule has 0 spiro atoms. The molecule has 0 amide bonds. The van der Waals surface area contributed by atoms with Crippen molar-refractivity contribution in [3.8, 4) is 0 Å². The molecule has 0 aromatic rings. The first kappa shape index (κ1) is 11.2. The van der Waals surface area contributed by atoms with Crippen LogP contribution in [-0.2, 0) is 9.05 Å². The molecule has 0 aromatic heterocycles. The van der Waals surface area contributed by atoms with Crippen LogP contribution in [-0.4, -0.2) is 18.4 Å². The van der Waals surface area contributed by atoms with Crippen molar-refractivity contribution < 1.29 is 9.05 Å². The van der Waals surface area contributed by atoms with Crippen molar-refractivity contribution in [1.29, 1.82) is 0 Å². The van der Waals surface area contributed by atoms with E-state index in [-0.39, 0.29) is 11.5 Å². The summed E-state index contributed by atoms with van der Waals surface area (Å²) in [4.78, 5) is 0. The molecule has 76 valence electrons. The van der Waals surface area contributed by atoms with Crippen LogP contribution in [0.4, 0.5) is 0 Å². The molecular formula is C10H19O2P. The lowest BCUT2D eigenvalue weighted by molar-refractivity contribution is 0.0193.